The molecule has 1 heterocycles. The monoisotopic (exact) mass is 449 g/mol. The second-order valence-electron chi connectivity index (χ2n) is 6.55. The summed E-state index contributed by atoms with van der Waals surface area (Å²) in [4.78, 5) is 10.6. The van der Waals surface area contributed by atoms with E-state index in [2.05, 4.69) is 30.4 Å². The number of hydrogen-bond donors (Lipinski definition) is 2. The molecule has 9 heteroatoms. The molecule has 0 atom stereocenters. The molecule has 2 aromatic rings. The maximum Gasteiger partial charge on any atom is 0.490 e. The smallest absolute Gasteiger partial charge is 0.475 e. The van der Waals surface area contributed by atoms with E-state index in [1.807, 2.05) is 0 Å². The Kier molecular flexibility index (Phi) is 8.36. The molecule has 3 nitrogen and oxygen atoms in total. The maximum absolute atomic E-state index is 14.0. The van der Waals surface area contributed by atoms with Crippen molar-refractivity contribution >= 4 is 29.3 Å². The first kappa shape index (κ1) is 23.5. The predicted octanol–water partition coefficient (Wildman–Crippen LogP) is 6.04. The zero-order chi connectivity index (χ0) is 21.6. The van der Waals surface area contributed by atoms with Gasteiger partial charge in [-0.3, -0.25) is 0 Å². The van der Waals surface area contributed by atoms with Crippen molar-refractivity contribution in [2.45, 2.75) is 41.7 Å². The van der Waals surface area contributed by atoms with Gasteiger partial charge in [0.1, 0.15) is 5.82 Å². The van der Waals surface area contributed by atoms with Crippen LogP contribution in [0.2, 0.25) is 5.02 Å². The normalized spacial score (nSPS) is 14.8. The summed E-state index contributed by atoms with van der Waals surface area (Å²) in [5.41, 5.74) is 2.59. The number of rotatable bonds is 3. The Bertz CT molecular complexity index is 855. The number of aryl methyl sites for hydroxylation is 1. The Morgan fingerprint density at radius 1 is 1.14 bits per heavy atom. The van der Waals surface area contributed by atoms with E-state index in [4.69, 9.17) is 21.5 Å². The van der Waals surface area contributed by atoms with Gasteiger partial charge in [0.2, 0.25) is 0 Å². The van der Waals surface area contributed by atoms with Crippen LogP contribution in [-0.4, -0.2) is 30.3 Å². The molecule has 0 amide bonds. The molecule has 0 aliphatic carbocycles. The van der Waals surface area contributed by atoms with Gasteiger partial charge in [-0.25, -0.2) is 9.18 Å². The second-order valence-corrected chi connectivity index (χ2v) is 8.07. The molecule has 3 rings (SSSR count). The fourth-order valence-electron chi connectivity index (χ4n) is 2.89. The van der Waals surface area contributed by atoms with Gasteiger partial charge < -0.3 is 10.4 Å². The number of hydrogen-bond acceptors (Lipinski definition) is 3. The van der Waals surface area contributed by atoms with Crippen LogP contribution in [0.3, 0.4) is 0 Å². The van der Waals surface area contributed by atoms with Gasteiger partial charge in [0.25, 0.3) is 0 Å². The number of halogens is 5. The Morgan fingerprint density at radius 2 is 1.76 bits per heavy atom. The minimum absolute atomic E-state index is 0.216. The molecule has 1 saturated heterocycles. The number of carbonyl (C=O) groups is 1. The molecule has 2 aromatic carbocycles. The van der Waals surface area contributed by atoms with E-state index in [1.54, 1.807) is 12.1 Å². The quantitative estimate of drug-likeness (QED) is 0.561. The minimum atomic E-state index is -5.08. The van der Waals surface area contributed by atoms with Crippen LogP contribution in [0, 0.1) is 12.7 Å². The lowest BCUT2D eigenvalue weighted by Gasteiger charge is -2.25. The number of alkyl halides is 3. The number of benzene rings is 2. The molecule has 0 saturated carbocycles. The van der Waals surface area contributed by atoms with Gasteiger partial charge in [0.05, 0.1) is 0 Å². The zero-order valence-electron chi connectivity index (χ0n) is 15.5. The van der Waals surface area contributed by atoms with E-state index in [1.165, 1.54) is 29.0 Å². The summed E-state index contributed by atoms with van der Waals surface area (Å²) >= 11 is 7.49. The number of carboxylic acids is 1. The van der Waals surface area contributed by atoms with Gasteiger partial charge in [0, 0.05) is 14.8 Å². The second kappa shape index (κ2) is 10.3. The minimum Gasteiger partial charge on any atom is -0.475 e. The summed E-state index contributed by atoms with van der Waals surface area (Å²) in [5, 5.41) is 11.1. The number of piperidine rings is 1. The van der Waals surface area contributed by atoms with Crippen molar-refractivity contribution in [3.05, 3.63) is 58.4 Å². The molecule has 29 heavy (non-hydrogen) atoms. The molecule has 2 N–H and O–H groups in total. The van der Waals surface area contributed by atoms with Gasteiger partial charge in [-0.15, -0.1) is 0 Å². The van der Waals surface area contributed by atoms with Crippen molar-refractivity contribution in [1.82, 2.24) is 5.32 Å². The highest BCUT2D eigenvalue weighted by atomic mass is 35.5. The highest BCUT2D eigenvalue weighted by molar-refractivity contribution is 7.99. The van der Waals surface area contributed by atoms with E-state index in [0.29, 0.717) is 15.8 Å². The molecule has 0 aromatic heterocycles. The van der Waals surface area contributed by atoms with Crippen LogP contribution < -0.4 is 5.32 Å². The average Bonchev–Trinajstić information content (AvgIpc) is 2.66. The topological polar surface area (TPSA) is 49.3 Å². The first-order valence-corrected chi connectivity index (χ1v) is 10.0. The molecule has 0 unspecified atom stereocenters. The summed E-state index contributed by atoms with van der Waals surface area (Å²) in [6.07, 6.45) is -2.82. The zero-order valence-corrected chi connectivity index (χ0v) is 17.1. The lowest BCUT2D eigenvalue weighted by Crippen LogP contribution is -2.26. The number of aliphatic carboxylic acids is 1. The van der Waals surface area contributed by atoms with Crippen LogP contribution in [-0.2, 0) is 4.79 Å². The summed E-state index contributed by atoms with van der Waals surface area (Å²) in [6, 6.07) is 11.2. The Labute approximate surface area is 175 Å². The van der Waals surface area contributed by atoms with Gasteiger partial charge >= 0.3 is 12.1 Å². The maximum atomic E-state index is 14.0. The standard InChI is InChI=1S/C18H19ClFNS.C2HF3O2/c1-12-2-5-17(15(10-12)13-6-8-21-9-7-13)22-18-11-14(19)3-4-16(18)20;3-2(4,5)1(6)7/h2-5,10-11,13,21H,6-9H2,1H3;(H,6,7). The summed E-state index contributed by atoms with van der Waals surface area (Å²) in [7, 11) is 0. The molecule has 1 aliphatic rings. The number of carboxylic acid groups (broad SMARTS) is 1. The van der Waals surface area contributed by atoms with Crippen LogP contribution >= 0.6 is 23.4 Å². The summed E-state index contributed by atoms with van der Waals surface area (Å²) in [5.74, 6) is -2.43. The van der Waals surface area contributed by atoms with Crippen LogP contribution in [0.4, 0.5) is 17.6 Å². The Morgan fingerprint density at radius 3 is 2.34 bits per heavy atom. The van der Waals surface area contributed by atoms with Crippen molar-refractivity contribution in [3.8, 4) is 0 Å². The fraction of sp³-hybridized carbons (Fsp3) is 0.350. The van der Waals surface area contributed by atoms with Crippen molar-refractivity contribution in [3.63, 3.8) is 0 Å². The van der Waals surface area contributed by atoms with Gasteiger partial charge in [0.15, 0.2) is 0 Å². The van der Waals surface area contributed by atoms with E-state index in [0.717, 1.165) is 30.8 Å². The molecule has 1 aliphatic heterocycles. The van der Waals surface area contributed by atoms with E-state index in [9.17, 15) is 17.6 Å². The van der Waals surface area contributed by atoms with E-state index < -0.39 is 12.1 Å². The van der Waals surface area contributed by atoms with Crippen molar-refractivity contribution in [2.75, 3.05) is 13.1 Å². The third-order valence-electron chi connectivity index (χ3n) is 4.30. The average molecular weight is 450 g/mol. The van der Waals surface area contributed by atoms with Crippen molar-refractivity contribution in [1.29, 1.82) is 0 Å². The third-order valence-corrected chi connectivity index (χ3v) is 5.66. The van der Waals surface area contributed by atoms with E-state index in [-0.39, 0.29) is 5.82 Å². The fourth-order valence-corrected chi connectivity index (χ4v) is 4.19. The van der Waals surface area contributed by atoms with Crippen LogP contribution in [0.1, 0.15) is 29.9 Å². The lowest BCUT2D eigenvalue weighted by molar-refractivity contribution is -0.192. The summed E-state index contributed by atoms with van der Waals surface area (Å²) < 4.78 is 45.8. The molecule has 1 fully saturated rings. The largest absolute Gasteiger partial charge is 0.490 e. The van der Waals surface area contributed by atoms with Crippen LogP contribution in [0.15, 0.2) is 46.2 Å². The highest BCUT2D eigenvalue weighted by Gasteiger charge is 2.38. The third kappa shape index (κ3) is 7.21. The first-order valence-electron chi connectivity index (χ1n) is 8.82. The van der Waals surface area contributed by atoms with E-state index >= 15 is 0 Å². The van der Waals surface area contributed by atoms with Crippen molar-refractivity contribution < 1.29 is 27.5 Å². The molecule has 0 spiro atoms. The van der Waals surface area contributed by atoms with Crippen LogP contribution in [0.25, 0.3) is 0 Å². The molecule has 158 valence electrons. The first-order chi connectivity index (χ1) is 13.6. The molecular formula is C20H20ClF4NO2S. The molecular weight excluding hydrogens is 430 g/mol. The van der Waals surface area contributed by atoms with Gasteiger partial charge in [-0.05, 0) is 68.6 Å². The Hall–Kier alpha value is -1.77. The SMILES string of the molecule is Cc1ccc(Sc2cc(Cl)ccc2F)c(C2CCNCC2)c1.O=C(O)C(F)(F)F. The van der Waals surface area contributed by atoms with Crippen LogP contribution in [0.5, 0.6) is 0 Å². The predicted molar refractivity (Wildman–Crippen MR) is 105 cm³/mol. The number of nitrogens with one attached hydrogen (secondary N) is 1. The Balaban J connectivity index is 0.000000370. The van der Waals surface area contributed by atoms with Crippen molar-refractivity contribution in [2.24, 2.45) is 0 Å². The molecule has 0 bridgehead atoms. The van der Waals surface area contributed by atoms with Gasteiger partial charge in [-0.2, -0.15) is 13.2 Å². The molecule has 0 radical (unpaired) electrons. The lowest BCUT2D eigenvalue weighted by atomic mass is 9.89. The highest BCUT2D eigenvalue weighted by Crippen LogP contribution is 2.39. The van der Waals surface area contributed by atoms with Gasteiger partial charge in [-0.1, -0.05) is 41.1 Å². The summed E-state index contributed by atoms with van der Waals surface area (Å²) in [6.45, 7) is 4.21.